The molecule has 0 unspecified atom stereocenters. The van der Waals surface area contributed by atoms with Gasteiger partial charge < -0.3 is 15.3 Å². The Kier molecular flexibility index (Phi) is 5.11. The molecule has 1 saturated heterocycles. The van der Waals surface area contributed by atoms with Crippen molar-refractivity contribution in [3.05, 3.63) is 35.9 Å². The molecule has 0 radical (unpaired) electrons. The third-order valence-corrected chi connectivity index (χ3v) is 4.91. The molecule has 1 aromatic carbocycles. The molecule has 4 heteroatoms. The molecule has 4 nitrogen and oxygen atoms in total. The number of carbonyl (C=O) groups excluding carboxylic acids is 1. The van der Waals surface area contributed by atoms with Crippen LogP contribution in [0, 0.1) is 11.8 Å². The highest BCUT2D eigenvalue weighted by molar-refractivity contribution is 5.76. The number of rotatable bonds is 7. The van der Waals surface area contributed by atoms with Gasteiger partial charge in [-0.3, -0.25) is 4.79 Å². The van der Waals surface area contributed by atoms with Gasteiger partial charge in [0, 0.05) is 32.1 Å². The zero-order valence-electron chi connectivity index (χ0n) is 13.1. The lowest BCUT2D eigenvalue weighted by Crippen LogP contribution is -2.41. The van der Waals surface area contributed by atoms with Crippen LogP contribution in [0.5, 0.6) is 0 Å². The van der Waals surface area contributed by atoms with Gasteiger partial charge in [0.2, 0.25) is 5.91 Å². The molecule has 22 heavy (non-hydrogen) atoms. The highest BCUT2D eigenvalue weighted by atomic mass is 16.3. The number of nitrogens with zero attached hydrogens (tertiary/aromatic N) is 1. The molecule has 1 aromatic rings. The van der Waals surface area contributed by atoms with E-state index in [9.17, 15) is 4.79 Å². The Morgan fingerprint density at radius 3 is 2.68 bits per heavy atom. The zero-order valence-corrected chi connectivity index (χ0v) is 13.1. The molecule has 0 spiro atoms. The van der Waals surface area contributed by atoms with Gasteiger partial charge in [-0.25, -0.2) is 0 Å². The van der Waals surface area contributed by atoms with Gasteiger partial charge in [0.1, 0.15) is 0 Å². The first-order chi connectivity index (χ1) is 10.8. The molecular weight excluding hydrogens is 276 g/mol. The Hall–Kier alpha value is -1.39. The highest BCUT2D eigenvalue weighted by Gasteiger charge is 2.42. The first-order valence-corrected chi connectivity index (χ1v) is 8.43. The van der Waals surface area contributed by atoms with Gasteiger partial charge in [0.05, 0.1) is 6.61 Å². The van der Waals surface area contributed by atoms with E-state index in [-0.39, 0.29) is 25.0 Å². The van der Waals surface area contributed by atoms with Crippen molar-refractivity contribution in [2.75, 3.05) is 26.2 Å². The van der Waals surface area contributed by atoms with Crippen molar-refractivity contribution in [3.63, 3.8) is 0 Å². The lowest BCUT2D eigenvalue weighted by atomic mass is 9.98. The summed E-state index contributed by atoms with van der Waals surface area (Å²) in [5.41, 5.74) is 1.37. The van der Waals surface area contributed by atoms with Crippen LogP contribution in [-0.4, -0.2) is 48.2 Å². The summed E-state index contributed by atoms with van der Waals surface area (Å²) in [7, 11) is 0. The second-order valence-corrected chi connectivity index (χ2v) is 6.64. The van der Waals surface area contributed by atoms with E-state index in [0.717, 1.165) is 32.0 Å². The summed E-state index contributed by atoms with van der Waals surface area (Å²) in [4.78, 5) is 14.3. The van der Waals surface area contributed by atoms with Crippen molar-refractivity contribution in [2.45, 2.75) is 31.7 Å². The van der Waals surface area contributed by atoms with Crippen molar-refractivity contribution >= 4 is 5.91 Å². The molecule has 1 saturated carbocycles. The lowest BCUT2D eigenvalue weighted by Gasteiger charge is -2.19. The van der Waals surface area contributed by atoms with Crippen molar-refractivity contribution in [3.8, 4) is 0 Å². The van der Waals surface area contributed by atoms with Crippen LogP contribution in [-0.2, 0) is 11.2 Å². The average molecular weight is 302 g/mol. The number of nitrogens with one attached hydrogen (secondary N) is 1. The van der Waals surface area contributed by atoms with Gasteiger partial charge in [-0.1, -0.05) is 30.3 Å². The van der Waals surface area contributed by atoms with Crippen LogP contribution >= 0.6 is 0 Å². The summed E-state index contributed by atoms with van der Waals surface area (Å²) in [5.74, 6) is 1.38. The Morgan fingerprint density at radius 1 is 1.23 bits per heavy atom. The summed E-state index contributed by atoms with van der Waals surface area (Å²) in [6, 6.07) is 10.8. The molecule has 0 aromatic heterocycles. The van der Waals surface area contributed by atoms with Crippen molar-refractivity contribution in [2.24, 2.45) is 11.8 Å². The quantitative estimate of drug-likeness (QED) is 0.801. The van der Waals surface area contributed by atoms with Gasteiger partial charge in [-0.15, -0.1) is 0 Å². The fourth-order valence-corrected chi connectivity index (χ4v) is 3.56. The van der Waals surface area contributed by atoms with Gasteiger partial charge in [0.15, 0.2) is 0 Å². The van der Waals surface area contributed by atoms with Crippen LogP contribution < -0.4 is 5.32 Å². The Morgan fingerprint density at radius 2 is 2.00 bits per heavy atom. The number of benzene rings is 1. The summed E-state index contributed by atoms with van der Waals surface area (Å²) in [6.07, 6.45) is 3.90. The number of aliphatic hydroxyl groups is 1. The predicted octanol–water partition coefficient (Wildman–Crippen LogP) is 1.44. The molecule has 1 amide bonds. The van der Waals surface area contributed by atoms with E-state index in [1.54, 1.807) is 0 Å². The third-order valence-electron chi connectivity index (χ3n) is 4.91. The number of carbonyl (C=O) groups is 1. The first-order valence-electron chi connectivity index (χ1n) is 8.43. The van der Waals surface area contributed by atoms with Crippen LogP contribution in [0.25, 0.3) is 0 Å². The predicted molar refractivity (Wildman–Crippen MR) is 86.4 cm³/mol. The molecule has 1 aliphatic heterocycles. The minimum Gasteiger partial charge on any atom is -0.396 e. The number of hydrogen-bond donors (Lipinski definition) is 2. The normalized spacial score (nSPS) is 25.3. The van der Waals surface area contributed by atoms with Gasteiger partial charge in [0.25, 0.3) is 0 Å². The van der Waals surface area contributed by atoms with Crippen LogP contribution in [0.3, 0.4) is 0 Å². The lowest BCUT2D eigenvalue weighted by molar-refractivity contribution is -0.122. The molecule has 0 bridgehead atoms. The molecule has 2 aliphatic rings. The Labute approximate surface area is 132 Å². The topological polar surface area (TPSA) is 52.6 Å². The molecule has 2 fully saturated rings. The third kappa shape index (κ3) is 4.08. The first kappa shape index (κ1) is 15.5. The fraction of sp³-hybridized carbons (Fsp3) is 0.611. The maximum atomic E-state index is 11.8. The monoisotopic (exact) mass is 302 g/mol. The van der Waals surface area contributed by atoms with Crippen LogP contribution in [0.15, 0.2) is 30.3 Å². The molecule has 1 heterocycles. The SMILES string of the molecule is O=C(CCO)N[C@@H]1CN(CCc2ccccc2)C[C@H]1C1CC1. The van der Waals surface area contributed by atoms with E-state index in [1.165, 1.54) is 18.4 Å². The molecule has 1 aliphatic carbocycles. The number of hydrogen-bond acceptors (Lipinski definition) is 3. The van der Waals surface area contributed by atoms with E-state index >= 15 is 0 Å². The minimum absolute atomic E-state index is 0.0111. The second kappa shape index (κ2) is 7.25. The zero-order chi connectivity index (χ0) is 15.4. The summed E-state index contributed by atoms with van der Waals surface area (Å²) in [5, 5.41) is 12.0. The van der Waals surface area contributed by atoms with E-state index in [0.29, 0.717) is 5.92 Å². The van der Waals surface area contributed by atoms with E-state index < -0.39 is 0 Å². The van der Waals surface area contributed by atoms with Crippen molar-refractivity contribution in [1.29, 1.82) is 0 Å². The van der Waals surface area contributed by atoms with Crippen LogP contribution in [0.2, 0.25) is 0 Å². The van der Waals surface area contributed by atoms with Gasteiger partial charge in [-0.2, -0.15) is 0 Å². The highest BCUT2D eigenvalue weighted by Crippen LogP contribution is 2.41. The van der Waals surface area contributed by atoms with Gasteiger partial charge >= 0.3 is 0 Å². The molecule has 2 N–H and O–H groups in total. The number of aliphatic hydroxyl groups excluding tert-OH is 1. The van der Waals surface area contributed by atoms with Gasteiger partial charge in [-0.05, 0) is 36.7 Å². The van der Waals surface area contributed by atoms with E-state index in [2.05, 4.69) is 40.5 Å². The average Bonchev–Trinajstić information content (AvgIpc) is 3.29. The maximum Gasteiger partial charge on any atom is 0.222 e. The van der Waals surface area contributed by atoms with E-state index in [1.807, 2.05) is 0 Å². The molecular formula is C18H26N2O2. The smallest absolute Gasteiger partial charge is 0.222 e. The summed E-state index contributed by atoms with van der Waals surface area (Å²) < 4.78 is 0. The number of amides is 1. The molecule has 120 valence electrons. The minimum atomic E-state index is -0.0651. The van der Waals surface area contributed by atoms with Crippen LogP contribution in [0.1, 0.15) is 24.8 Å². The largest absolute Gasteiger partial charge is 0.396 e. The molecule has 2 atom stereocenters. The maximum absolute atomic E-state index is 11.8. The van der Waals surface area contributed by atoms with Crippen LogP contribution in [0.4, 0.5) is 0 Å². The van der Waals surface area contributed by atoms with E-state index in [4.69, 9.17) is 5.11 Å². The Balaban J connectivity index is 1.52. The summed E-state index contributed by atoms with van der Waals surface area (Å²) in [6.45, 7) is 3.04. The fourth-order valence-electron chi connectivity index (χ4n) is 3.56. The Bertz CT molecular complexity index is 487. The van der Waals surface area contributed by atoms with Crippen molar-refractivity contribution in [1.82, 2.24) is 10.2 Å². The van der Waals surface area contributed by atoms with Crippen molar-refractivity contribution < 1.29 is 9.90 Å². The standard InChI is InChI=1S/C18H26N2O2/c21-11-9-18(22)19-17-13-20(12-16(17)15-6-7-15)10-8-14-4-2-1-3-5-14/h1-5,15-17,21H,6-13H2,(H,19,22)/t16-,17+/m0/s1. The second-order valence-electron chi connectivity index (χ2n) is 6.64. The molecule has 3 rings (SSSR count). The number of likely N-dealkylation sites (tertiary alicyclic amines) is 1. The summed E-state index contributed by atoms with van der Waals surface area (Å²) >= 11 is 0.